The number of alkyl halides is 3. The Kier molecular flexibility index (Phi) is 4.31. The topological polar surface area (TPSA) is 50.8 Å². The van der Waals surface area contributed by atoms with E-state index in [0.717, 1.165) is 0 Å². The van der Waals surface area contributed by atoms with Crippen LogP contribution in [0.15, 0.2) is 12.4 Å². The van der Waals surface area contributed by atoms with Crippen molar-refractivity contribution in [1.29, 1.82) is 5.26 Å². The van der Waals surface area contributed by atoms with Crippen molar-refractivity contribution in [2.75, 3.05) is 13.2 Å². The average Bonchev–Trinajstić information content (AvgIpc) is 2.63. The maximum absolute atomic E-state index is 11.7. The average molecular weight is 233 g/mol. The molecule has 0 N–H and O–H groups in total. The van der Waals surface area contributed by atoms with E-state index in [1.807, 2.05) is 6.07 Å². The third-order valence-corrected chi connectivity index (χ3v) is 1.77. The van der Waals surface area contributed by atoms with Gasteiger partial charge in [0.15, 0.2) is 0 Å². The van der Waals surface area contributed by atoms with Crippen LogP contribution in [0.3, 0.4) is 0 Å². The first-order valence-electron chi connectivity index (χ1n) is 4.58. The third kappa shape index (κ3) is 4.31. The van der Waals surface area contributed by atoms with Crippen molar-refractivity contribution in [3.63, 3.8) is 0 Å². The Hall–Kier alpha value is -1.55. The number of ether oxygens (including phenoxy) is 1. The smallest absolute Gasteiger partial charge is 0.372 e. The van der Waals surface area contributed by atoms with E-state index in [9.17, 15) is 13.2 Å². The summed E-state index contributed by atoms with van der Waals surface area (Å²) in [5, 5.41) is 8.60. The number of aromatic nitrogens is 2. The van der Waals surface area contributed by atoms with E-state index in [1.165, 1.54) is 6.20 Å². The zero-order valence-electron chi connectivity index (χ0n) is 8.37. The Morgan fingerprint density at radius 1 is 1.50 bits per heavy atom. The lowest BCUT2D eigenvalue weighted by atomic mass is 10.4. The second-order valence-corrected chi connectivity index (χ2v) is 3.08. The van der Waals surface area contributed by atoms with E-state index < -0.39 is 12.8 Å². The van der Waals surface area contributed by atoms with Gasteiger partial charge in [-0.05, 0) is 6.42 Å². The third-order valence-electron chi connectivity index (χ3n) is 1.77. The van der Waals surface area contributed by atoms with Crippen LogP contribution in [0.4, 0.5) is 13.2 Å². The van der Waals surface area contributed by atoms with Gasteiger partial charge in [-0.2, -0.15) is 18.4 Å². The summed E-state index contributed by atoms with van der Waals surface area (Å²) >= 11 is 0. The van der Waals surface area contributed by atoms with Crippen molar-refractivity contribution in [2.45, 2.75) is 19.1 Å². The van der Waals surface area contributed by atoms with Crippen LogP contribution in [0, 0.1) is 11.3 Å². The largest absolute Gasteiger partial charge is 0.411 e. The van der Waals surface area contributed by atoms with E-state index in [-0.39, 0.29) is 12.4 Å². The molecule has 0 aromatic carbocycles. The molecule has 88 valence electrons. The normalized spacial score (nSPS) is 11.4. The van der Waals surface area contributed by atoms with Gasteiger partial charge in [-0.3, -0.25) is 0 Å². The van der Waals surface area contributed by atoms with Crippen LogP contribution in [-0.4, -0.2) is 28.9 Å². The van der Waals surface area contributed by atoms with E-state index in [2.05, 4.69) is 9.72 Å². The Morgan fingerprint density at radius 3 is 2.88 bits per heavy atom. The van der Waals surface area contributed by atoms with E-state index >= 15 is 0 Å². The van der Waals surface area contributed by atoms with Gasteiger partial charge in [0.05, 0.1) is 0 Å². The molecular weight excluding hydrogens is 223 g/mol. The molecule has 0 fully saturated rings. The minimum absolute atomic E-state index is 0.00254. The fourth-order valence-electron chi connectivity index (χ4n) is 1.13. The summed E-state index contributed by atoms with van der Waals surface area (Å²) in [4.78, 5) is 3.75. The maximum atomic E-state index is 11.7. The number of halogens is 3. The Bertz CT molecular complexity index is 367. The molecule has 0 aliphatic heterocycles. The zero-order chi connectivity index (χ0) is 12.0. The van der Waals surface area contributed by atoms with Gasteiger partial charge in [-0.25, -0.2) is 4.98 Å². The lowest BCUT2D eigenvalue weighted by Crippen LogP contribution is -2.17. The van der Waals surface area contributed by atoms with Gasteiger partial charge >= 0.3 is 6.18 Å². The molecule has 4 nitrogen and oxygen atoms in total. The van der Waals surface area contributed by atoms with Crippen LogP contribution >= 0.6 is 0 Å². The highest BCUT2D eigenvalue weighted by Crippen LogP contribution is 2.14. The number of aryl methyl sites for hydroxylation is 1. The molecule has 0 aliphatic carbocycles. The molecule has 0 spiro atoms. The second kappa shape index (κ2) is 5.51. The first kappa shape index (κ1) is 12.5. The molecule has 16 heavy (non-hydrogen) atoms. The van der Waals surface area contributed by atoms with Crippen molar-refractivity contribution in [3.8, 4) is 6.07 Å². The molecule has 0 saturated carbocycles. The number of rotatable bonds is 5. The van der Waals surface area contributed by atoms with Crippen LogP contribution in [-0.2, 0) is 11.3 Å². The fourth-order valence-corrected chi connectivity index (χ4v) is 1.13. The van der Waals surface area contributed by atoms with Gasteiger partial charge in [0.1, 0.15) is 12.7 Å². The molecule has 0 aliphatic rings. The highest BCUT2D eigenvalue weighted by atomic mass is 19.4. The highest BCUT2D eigenvalue weighted by Gasteiger charge is 2.27. The molecule has 0 atom stereocenters. The highest BCUT2D eigenvalue weighted by molar-refractivity contribution is 5.10. The molecule has 0 bridgehead atoms. The van der Waals surface area contributed by atoms with Crippen molar-refractivity contribution >= 4 is 0 Å². The van der Waals surface area contributed by atoms with Gasteiger partial charge in [0.25, 0.3) is 0 Å². The van der Waals surface area contributed by atoms with E-state index in [0.29, 0.717) is 13.0 Å². The summed E-state index contributed by atoms with van der Waals surface area (Å²) in [6, 6.07) is 1.87. The Morgan fingerprint density at radius 2 is 2.25 bits per heavy atom. The molecule has 1 heterocycles. The summed E-state index contributed by atoms with van der Waals surface area (Å²) < 4.78 is 41.1. The zero-order valence-corrected chi connectivity index (χ0v) is 8.37. The molecule has 1 aromatic rings. The standard InChI is InChI=1S/C9H10F3N3O/c10-9(11,12)7-16-5-1-3-15-4-2-14-8(15)6-13/h2,4H,1,3,5,7H2. The van der Waals surface area contributed by atoms with Crippen LogP contribution < -0.4 is 0 Å². The quantitative estimate of drug-likeness (QED) is 0.727. The lowest BCUT2D eigenvalue weighted by molar-refractivity contribution is -0.174. The van der Waals surface area contributed by atoms with Crippen LogP contribution in [0.5, 0.6) is 0 Å². The van der Waals surface area contributed by atoms with Crippen LogP contribution in [0.2, 0.25) is 0 Å². The number of nitrogens with zero attached hydrogens (tertiary/aromatic N) is 3. The molecule has 0 amide bonds. The predicted octanol–water partition coefficient (Wildman–Crippen LogP) is 1.72. The monoisotopic (exact) mass is 233 g/mol. The molecule has 1 aromatic heterocycles. The van der Waals surface area contributed by atoms with Crippen molar-refractivity contribution in [3.05, 3.63) is 18.2 Å². The van der Waals surface area contributed by atoms with Crippen LogP contribution in [0.1, 0.15) is 12.2 Å². The first-order valence-corrected chi connectivity index (χ1v) is 4.58. The summed E-state index contributed by atoms with van der Waals surface area (Å²) in [6.07, 6.45) is -0.814. The van der Waals surface area contributed by atoms with E-state index in [1.54, 1.807) is 10.8 Å². The van der Waals surface area contributed by atoms with Gasteiger partial charge < -0.3 is 9.30 Å². The maximum Gasteiger partial charge on any atom is 0.411 e. The van der Waals surface area contributed by atoms with Gasteiger partial charge in [0.2, 0.25) is 5.82 Å². The molecule has 0 unspecified atom stereocenters. The number of hydrogen-bond acceptors (Lipinski definition) is 3. The molecule has 1 rings (SSSR count). The molecule has 0 saturated heterocycles. The summed E-state index contributed by atoms with van der Waals surface area (Å²) in [7, 11) is 0. The van der Waals surface area contributed by atoms with Gasteiger partial charge in [-0.1, -0.05) is 0 Å². The molecular formula is C9H10F3N3O. The predicted molar refractivity (Wildman–Crippen MR) is 48.4 cm³/mol. The second-order valence-electron chi connectivity index (χ2n) is 3.08. The molecule has 0 radical (unpaired) electrons. The lowest BCUT2D eigenvalue weighted by Gasteiger charge is -2.07. The van der Waals surface area contributed by atoms with Gasteiger partial charge in [0, 0.05) is 25.5 Å². The molecule has 7 heteroatoms. The Balaban J connectivity index is 2.20. The van der Waals surface area contributed by atoms with Crippen molar-refractivity contribution in [2.24, 2.45) is 0 Å². The summed E-state index contributed by atoms with van der Waals surface area (Å²) in [5.74, 6) is 0.246. The SMILES string of the molecule is N#Cc1nccn1CCCOCC(F)(F)F. The fraction of sp³-hybridized carbons (Fsp3) is 0.556. The van der Waals surface area contributed by atoms with Crippen molar-refractivity contribution in [1.82, 2.24) is 9.55 Å². The first-order chi connectivity index (χ1) is 7.53. The minimum Gasteiger partial charge on any atom is -0.372 e. The number of nitriles is 1. The van der Waals surface area contributed by atoms with Gasteiger partial charge in [-0.15, -0.1) is 0 Å². The number of imidazole rings is 1. The van der Waals surface area contributed by atoms with Crippen molar-refractivity contribution < 1.29 is 17.9 Å². The van der Waals surface area contributed by atoms with E-state index in [4.69, 9.17) is 5.26 Å². The summed E-state index contributed by atoms with van der Waals surface area (Å²) in [6.45, 7) is -0.814. The summed E-state index contributed by atoms with van der Waals surface area (Å²) in [5.41, 5.74) is 0. The van der Waals surface area contributed by atoms with Crippen LogP contribution in [0.25, 0.3) is 0 Å². The number of hydrogen-bond donors (Lipinski definition) is 0. The Labute approximate surface area is 90.3 Å². The minimum atomic E-state index is -4.28.